The molecule has 344 valence electrons. The van der Waals surface area contributed by atoms with Gasteiger partial charge in [-0.05, 0) is 39.2 Å². The number of carbonyl (C=O) groups excluding carboxylic acids is 5. The first-order chi connectivity index (χ1) is 28.6. The third-order valence-electron chi connectivity index (χ3n) is 9.51. The van der Waals surface area contributed by atoms with Crippen molar-refractivity contribution >= 4 is 56.0 Å². The number of unbranched alkanes of at least 4 members (excludes halogenated alkanes) is 15. The molecule has 0 heterocycles. The van der Waals surface area contributed by atoms with E-state index in [1.165, 1.54) is 70.6 Å². The van der Waals surface area contributed by atoms with Crippen molar-refractivity contribution in [1.82, 2.24) is 26.6 Å². The Morgan fingerprint density at radius 1 is 0.492 bits per heavy atom. The van der Waals surface area contributed by atoms with E-state index in [2.05, 4.69) is 33.5 Å². The third-order valence-corrected chi connectivity index (χ3v) is 10.3. The number of hydrogen-bond donors (Lipinski definition) is 6. The molecule has 0 aromatic carbocycles. The van der Waals surface area contributed by atoms with Crippen molar-refractivity contribution in [2.75, 3.05) is 79.5 Å². The number of carboxylic acid groups (broad SMARTS) is 1. The molecule has 4 amide bonds. The van der Waals surface area contributed by atoms with E-state index < -0.39 is 12.0 Å². The Kier molecular flexibility index (Phi) is 40.5. The average molecular weight is 956 g/mol. The summed E-state index contributed by atoms with van der Waals surface area (Å²) in [7, 11) is 1.75. The van der Waals surface area contributed by atoms with Gasteiger partial charge in [-0.25, -0.2) is 4.79 Å². The number of nitrogens with one attached hydrogen (secondary N) is 5. The molecule has 17 heteroatoms. The van der Waals surface area contributed by atoms with Crippen molar-refractivity contribution in [1.29, 1.82) is 0 Å². The molecule has 0 bridgehead atoms. The summed E-state index contributed by atoms with van der Waals surface area (Å²) in [4.78, 5) is 71.3. The van der Waals surface area contributed by atoms with Crippen LogP contribution in [0.1, 0.15) is 142 Å². The highest BCUT2D eigenvalue weighted by atomic mass is 127. The fourth-order valence-corrected chi connectivity index (χ4v) is 6.64. The Bertz CT molecular complexity index is 1110. The first-order valence-corrected chi connectivity index (χ1v) is 23.2. The Hall–Kier alpha value is -2.45. The Morgan fingerprint density at radius 2 is 0.949 bits per heavy atom. The molecule has 0 aliphatic heterocycles. The zero-order chi connectivity index (χ0) is 43.6. The summed E-state index contributed by atoms with van der Waals surface area (Å²) < 4.78 is 21.4. The van der Waals surface area contributed by atoms with Gasteiger partial charge in [0.05, 0.1) is 45.7 Å². The van der Waals surface area contributed by atoms with E-state index >= 15 is 0 Å². The van der Waals surface area contributed by atoms with Gasteiger partial charge in [0.25, 0.3) is 0 Å². The van der Waals surface area contributed by atoms with E-state index in [0.29, 0.717) is 6.54 Å². The summed E-state index contributed by atoms with van der Waals surface area (Å²) in [6.07, 6.45) is 21.1. The van der Waals surface area contributed by atoms with Gasteiger partial charge in [0.1, 0.15) is 19.3 Å². The van der Waals surface area contributed by atoms with Crippen LogP contribution in [0.4, 0.5) is 0 Å². The van der Waals surface area contributed by atoms with Gasteiger partial charge in [0.2, 0.25) is 27.4 Å². The third kappa shape index (κ3) is 39.4. The van der Waals surface area contributed by atoms with E-state index in [-0.39, 0.29) is 119 Å². The van der Waals surface area contributed by atoms with E-state index in [4.69, 9.17) is 18.9 Å². The molecular formula is C42H78IN5O11. The van der Waals surface area contributed by atoms with Crippen molar-refractivity contribution in [3.05, 3.63) is 0 Å². The monoisotopic (exact) mass is 955 g/mol. The summed E-state index contributed by atoms with van der Waals surface area (Å²) in [6, 6.07) is -1.28. The molecule has 59 heavy (non-hydrogen) atoms. The van der Waals surface area contributed by atoms with E-state index in [9.17, 15) is 33.9 Å². The zero-order valence-electron chi connectivity index (χ0n) is 36.2. The van der Waals surface area contributed by atoms with Crippen molar-refractivity contribution in [2.45, 2.75) is 154 Å². The highest BCUT2D eigenvalue weighted by molar-refractivity contribution is 14.1. The molecule has 1 unspecified atom stereocenters. The standard InChI is InChI=1S/C42H78IN5O11/c1-3-4-5-6-7-8-9-10-11-12-13-14-15-16-17-21-38(50)48-36(42(54)55)22-23-37(49)46-25-27-56-29-32-59-34-40(52)47-26-28-57-30-31-58-33-39(51)45-24-19-18-20-35(44-2)41(43)53/h35-36,44H,3-34H2,1-2H3,(H,45,51)(H,46,49)(H,47,52)(H,48,50)(H,54,55)/t35?,36-/m0/s1. The Labute approximate surface area is 367 Å². The predicted octanol–water partition coefficient (Wildman–Crippen LogP) is 4.73. The second kappa shape index (κ2) is 42.2. The molecule has 0 radical (unpaired) electrons. The van der Waals surface area contributed by atoms with Gasteiger partial charge >= 0.3 is 5.97 Å². The summed E-state index contributed by atoms with van der Waals surface area (Å²) in [6.45, 7) is 4.45. The zero-order valence-corrected chi connectivity index (χ0v) is 38.3. The normalized spacial score (nSPS) is 12.1. The molecule has 0 aromatic heterocycles. The minimum Gasteiger partial charge on any atom is -0.480 e. The number of aliphatic carboxylic acids is 1. The maximum absolute atomic E-state index is 12.3. The van der Waals surface area contributed by atoms with Crippen molar-refractivity contribution in [3.8, 4) is 0 Å². The number of carbonyl (C=O) groups is 6. The van der Waals surface area contributed by atoms with Crippen molar-refractivity contribution in [2.24, 2.45) is 0 Å². The largest absolute Gasteiger partial charge is 0.480 e. The summed E-state index contributed by atoms with van der Waals surface area (Å²) in [5.74, 6) is -2.33. The molecule has 0 spiro atoms. The molecule has 0 aromatic rings. The van der Waals surface area contributed by atoms with Crippen LogP contribution in [-0.4, -0.2) is 130 Å². The van der Waals surface area contributed by atoms with Crippen LogP contribution in [0.15, 0.2) is 0 Å². The highest BCUT2D eigenvalue weighted by Crippen LogP contribution is 2.14. The molecule has 0 saturated heterocycles. The quantitative estimate of drug-likeness (QED) is 0.0278. The van der Waals surface area contributed by atoms with Crippen molar-refractivity contribution < 1.29 is 52.8 Å². The lowest BCUT2D eigenvalue weighted by molar-refractivity contribution is -0.142. The van der Waals surface area contributed by atoms with Crippen LogP contribution in [0.2, 0.25) is 0 Å². The van der Waals surface area contributed by atoms with Crippen LogP contribution in [-0.2, 0) is 47.7 Å². The fourth-order valence-electron chi connectivity index (χ4n) is 6.01. The SMILES string of the molecule is CCCCCCCCCCCCCCCCCC(=O)N[C@@H](CCC(=O)NCCOCCOCC(=O)NCCOCCOCC(=O)NCCCCC(NC)C(=O)I)C(=O)O. The van der Waals surface area contributed by atoms with Crippen LogP contribution in [0, 0.1) is 0 Å². The van der Waals surface area contributed by atoms with Gasteiger partial charge in [-0.15, -0.1) is 0 Å². The second-order valence-electron chi connectivity index (χ2n) is 14.7. The van der Waals surface area contributed by atoms with Gasteiger partial charge in [0, 0.05) is 55.1 Å². The molecule has 0 aliphatic rings. The molecule has 6 N–H and O–H groups in total. The lowest BCUT2D eigenvalue weighted by Gasteiger charge is -2.14. The summed E-state index contributed by atoms with van der Waals surface area (Å²) in [5.41, 5.74) is 0. The lowest BCUT2D eigenvalue weighted by atomic mass is 10.0. The van der Waals surface area contributed by atoms with Crippen LogP contribution in [0.3, 0.4) is 0 Å². The first-order valence-electron chi connectivity index (χ1n) is 22.1. The van der Waals surface area contributed by atoms with Gasteiger partial charge in [-0.2, -0.15) is 0 Å². The van der Waals surface area contributed by atoms with Crippen LogP contribution >= 0.6 is 22.6 Å². The van der Waals surface area contributed by atoms with Gasteiger partial charge in [0.15, 0.2) is 0 Å². The maximum atomic E-state index is 12.3. The van der Waals surface area contributed by atoms with E-state index in [1.54, 1.807) is 29.6 Å². The fraction of sp³-hybridized carbons (Fsp3) is 0.857. The number of amides is 4. The number of likely N-dealkylation sites (N-methyl/N-ethyl adjacent to an activating group) is 1. The summed E-state index contributed by atoms with van der Waals surface area (Å²) in [5, 5.41) is 23.1. The smallest absolute Gasteiger partial charge is 0.326 e. The lowest BCUT2D eigenvalue weighted by Crippen LogP contribution is -2.41. The highest BCUT2D eigenvalue weighted by Gasteiger charge is 2.21. The van der Waals surface area contributed by atoms with Crippen LogP contribution in [0.25, 0.3) is 0 Å². The van der Waals surface area contributed by atoms with Crippen molar-refractivity contribution in [3.63, 3.8) is 0 Å². The molecule has 0 aliphatic carbocycles. The van der Waals surface area contributed by atoms with Gasteiger partial charge < -0.3 is 50.6 Å². The average Bonchev–Trinajstić information content (AvgIpc) is 3.20. The van der Waals surface area contributed by atoms with E-state index in [1.807, 2.05) is 0 Å². The number of halogens is 1. The molecule has 0 rings (SSSR count). The molecular weight excluding hydrogens is 877 g/mol. The maximum Gasteiger partial charge on any atom is 0.326 e. The Morgan fingerprint density at radius 3 is 1.42 bits per heavy atom. The number of carboxylic acids is 1. The van der Waals surface area contributed by atoms with E-state index in [0.717, 1.165) is 44.9 Å². The van der Waals surface area contributed by atoms with Gasteiger partial charge in [-0.3, -0.25) is 24.0 Å². The summed E-state index contributed by atoms with van der Waals surface area (Å²) >= 11 is 1.78. The number of rotatable bonds is 44. The minimum absolute atomic E-state index is 0.00601. The van der Waals surface area contributed by atoms with Gasteiger partial charge in [-0.1, -0.05) is 96.8 Å². The minimum atomic E-state index is -1.16. The number of hydrogen-bond acceptors (Lipinski definition) is 11. The predicted molar refractivity (Wildman–Crippen MR) is 236 cm³/mol. The Balaban J connectivity index is 3.66. The molecule has 0 fully saturated rings. The second-order valence-corrected chi connectivity index (χ2v) is 15.8. The topological polar surface area (TPSA) is 220 Å². The number of ether oxygens (including phenoxy) is 4. The van der Waals surface area contributed by atoms with Crippen LogP contribution in [0.5, 0.6) is 0 Å². The van der Waals surface area contributed by atoms with Crippen LogP contribution < -0.4 is 26.6 Å². The first kappa shape index (κ1) is 56.5. The molecule has 16 nitrogen and oxygen atoms in total. The molecule has 0 saturated carbocycles. The molecule has 2 atom stereocenters.